The molecule has 0 fully saturated rings. The topological polar surface area (TPSA) is 102 Å². The molecule has 0 aliphatic heterocycles. The first-order valence-corrected chi connectivity index (χ1v) is 9.27. The number of aromatic hydroxyl groups is 1. The molecule has 0 bridgehead atoms. The quantitative estimate of drug-likeness (QED) is 0.588. The van der Waals surface area contributed by atoms with Gasteiger partial charge in [0, 0.05) is 24.3 Å². The Bertz CT molecular complexity index is 838. The standard InChI is InChI=1S/C21H27N3O4/c1-4-22-20(27)16-10-9-14(3)18(12-16)23-21(28)24(5-2)13-19(26)15-7-6-8-17(25)11-15/h6-12,19,25-26H,4-5,13H2,1-3H3,(H,22,27)(H,23,28)/t19-/m1/s1. The summed E-state index contributed by atoms with van der Waals surface area (Å²) in [5.74, 6) is -0.147. The second-order valence-electron chi connectivity index (χ2n) is 6.47. The number of urea groups is 1. The van der Waals surface area contributed by atoms with Crippen LogP contribution in [0.25, 0.3) is 0 Å². The SMILES string of the molecule is CCNC(=O)c1ccc(C)c(NC(=O)N(CC)C[C@@H](O)c2cccc(O)c2)c1. The van der Waals surface area contributed by atoms with Crippen molar-refractivity contribution in [3.63, 3.8) is 0 Å². The molecule has 2 aromatic carbocycles. The first-order chi connectivity index (χ1) is 13.3. The first-order valence-electron chi connectivity index (χ1n) is 9.27. The molecule has 2 aromatic rings. The highest BCUT2D eigenvalue weighted by Crippen LogP contribution is 2.21. The van der Waals surface area contributed by atoms with E-state index >= 15 is 0 Å². The molecular weight excluding hydrogens is 358 g/mol. The van der Waals surface area contributed by atoms with Crippen LogP contribution in [0.5, 0.6) is 5.75 Å². The van der Waals surface area contributed by atoms with E-state index in [1.807, 2.05) is 20.8 Å². The van der Waals surface area contributed by atoms with Crippen molar-refractivity contribution in [1.82, 2.24) is 10.2 Å². The molecular formula is C21H27N3O4. The van der Waals surface area contributed by atoms with E-state index < -0.39 is 6.10 Å². The Morgan fingerprint density at radius 1 is 1.14 bits per heavy atom. The van der Waals surface area contributed by atoms with Crippen molar-refractivity contribution in [2.75, 3.05) is 25.0 Å². The van der Waals surface area contributed by atoms with Crippen LogP contribution in [-0.4, -0.2) is 46.7 Å². The molecule has 0 saturated heterocycles. The number of phenolic OH excluding ortho intramolecular Hbond substituents is 1. The number of nitrogens with zero attached hydrogens (tertiary/aromatic N) is 1. The van der Waals surface area contributed by atoms with E-state index in [4.69, 9.17) is 0 Å². The highest BCUT2D eigenvalue weighted by molar-refractivity contribution is 5.97. The van der Waals surface area contributed by atoms with Gasteiger partial charge in [0.15, 0.2) is 0 Å². The number of carbonyl (C=O) groups excluding carboxylic acids is 2. The number of hydrogen-bond donors (Lipinski definition) is 4. The fourth-order valence-corrected chi connectivity index (χ4v) is 2.76. The predicted octanol–water partition coefficient (Wildman–Crippen LogP) is 3.04. The summed E-state index contributed by atoms with van der Waals surface area (Å²) >= 11 is 0. The molecule has 28 heavy (non-hydrogen) atoms. The van der Waals surface area contributed by atoms with E-state index in [1.165, 1.54) is 17.0 Å². The number of aliphatic hydroxyl groups excluding tert-OH is 1. The van der Waals surface area contributed by atoms with Crippen LogP contribution in [0.4, 0.5) is 10.5 Å². The summed E-state index contributed by atoms with van der Waals surface area (Å²) in [6.07, 6.45) is -0.930. The van der Waals surface area contributed by atoms with Crippen LogP contribution >= 0.6 is 0 Å². The predicted molar refractivity (Wildman–Crippen MR) is 109 cm³/mol. The number of carbonyl (C=O) groups is 2. The fourth-order valence-electron chi connectivity index (χ4n) is 2.76. The van der Waals surface area contributed by atoms with Gasteiger partial charge in [-0.2, -0.15) is 0 Å². The Kier molecular flexibility index (Phi) is 7.40. The van der Waals surface area contributed by atoms with Crippen molar-refractivity contribution in [2.45, 2.75) is 26.9 Å². The molecule has 0 spiro atoms. The maximum Gasteiger partial charge on any atom is 0.321 e. The lowest BCUT2D eigenvalue weighted by Gasteiger charge is -2.25. The van der Waals surface area contributed by atoms with Crippen LogP contribution in [0, 0.1) is 6.92 Å². The van der Waals surface area contributed by atoms with Gasteiger partial charge in [0.2, 0.25) is 0 Å². The van der Waals surface area contributed by atoms with E-state index in [0.717, 1.165) is 5.56 Å². The lowest BCUT2D eigenvalue weighted by molar-refractivity contribution is 0.0956. The Labute approximate surface area is 165 Å². The van der Waals surface area contributed by atoms with Gasteiger partial charge in [-0.25, -0.2) is 4.79 Å². The molecule has 0 aromatic heterocycles. The third kappa shape index (κ3) is 5.47. The molecule has 4 N–H and O–H groups in total. The van der Waals surface area contributed by atoms with Gasteiger partial charge in [0.1, 0.15) is 5.75 Å². The molecule has 0 saturated carbocycles. The lowest BCUT2D eigenvalue weighted by atomic mass is 10.1. The summed E-state index contributed by atoms with van der Waals surface area (Å²) in [6.45, 7) is 6.47. The van der Waals surface area contributed by atoms with Gasteiger partial charge in [-0.1, -0.05) is 18.2 Å². The number of rotatable bonds is 7. The van der Waals surface area contributed by atoms with Crippen LogP contribution in [0.2, 0.25) is 0 Å². The Morgan fingerprint density at radius 2 is 1.89 bits per heavy atom. The van der Waals surface area contributed by atoms with Crippen LogP contribution < -0.4 is 10.6 Å². The normalized spacial score (nSPS) is 11.6. The maximum atomic E-state index is 12.7. The Hall–Kier alpha value is -3.06. The highest BCUT2D eigenvalue weighted by Gasteiger charge is 2.19. The smallest absolute Gasteiger partial charge is 0.321 e. The lowest BCUT2D eigenvalue weighted by Crippen LogP contribution is -2.38. The molecule has 0 radical (unpaired) electrons. The zero-order valence-corrected chi connectivity index (χ0v) is 16.4. The zero-order valence-electron chi connectivity index (χ0n) is 16.4. The minimum absolute atomic E-state index is 0.0573. The number of hydrogen-bond acceptors (Lipinski definition) is 4. The van der Waals surface area contributed by atoms with Crippen LogP contribution in [0.15, 0.2) is 42.5 Å². The van der Waals surface area contributed by atoms with E-state index in [0.29, 0.717) is 29.9 Å². The number of amides is 3. The van der Waals surface area contributed by atoms with Gasteiger partial charge in [0.05, 0.1) is 12.6 Å². The van der Waals surface area contributed by atoms with Crippen LogP contribution in [-0.2, 0) is 0 Å². The van der Waals surface area contributed by atoms with E-state index in [1.54, 1.807) is 30.3 Å². The van der Waals surface area contributed by atoms with Crippen molar-refractivity contribution < 1.29 is 19.8 Å². The van der Waals surface area contributed by atoms with Gasteiger partial charge < -0.3 is 25.7 Å². The van der Waals surface area contributed by atoms with Gasteiger partial charge in [-0.15, -0.1) is 0 Å². The second-order valence-corrected chi connectivity index (χ2v) is 6.47. The second kappa shape index (κ2) is 9.75. The monoisotopic (exact) mass is 385 g/mol. The molecule has 0 unspecified atom stereocenters. The number of nitrogens with one attached hydrogen (secondary N) is 2. The van der Waals surface area contributed by atoms with Crippen molar-refractivity contribution in [3.8, 4) is 5.75 Å². The summed E-state index contributed by atoms with van der Waals surface area (Å²) in [4.78, 5) is 26.2. The molecule has 7 heteroatoms. The van der Waals surface area contributed by atoms with Crippen LogP contribution in [0.3, 0.4) is 0 Å². The largest absolute Gasteiger partial charge is 0.508 e. The summed E-state index contributed by atoms with van der Waals surface area (Å²) in [7, 11) is 0. The zero-order chi connectivity index (χ0) is 20.7. The molecule has 3 amide bonds. The first kappa shape index (κ1) is 21.2. The minimum atomic E-state index is -0.930. The minimum Gasteiger partial charge on any atom is -0.508 e. The molecule has 2 rings (SSSR count). The van der Waals surface area contributed by atoms with E-state index in [9.17, 15) is 19.8 Å². The maximum absolute atomic E-state index is 12.7. The molecule has 7 nitrogen and oxygen atoms in total. The van der Waals surface area contributed by atoms with Gasteiger partial charge >= 0.3 is 6.03 Å². The number of anilines is 1. The van der Waals surface area contributed by atoms with Crippen molar-refractivity contribution in [2.24, 2.45) is 0 Å². The van der Waals surface area contributed by atoms with Crippen LogP contribution in [0.1, 0.15) is 41.4 Å². The number of benzene rings is 2. The Balaban J connectivity index is 2.11. The number of phenols is 1. The van der Waals surface area contributed by atoms with Gasteiger partial charge in [-0.05, 0) is 56.2 Å². The summed E-state index contributed by atoms with van der Waals surface area (Å²) < 4.78 is 0. The average molecular weight is 385 g/mol. The Morgan fingerprint density at radius 3 is 2.54 bits per heavy atom. The van der Waals surface area contributed by atoms with Gasteiger partial charge in [0.25, 0.3) is 5.91 Å². The molecule has 0 heterocycles. The number of likely N-dealkylation sites (N-methyl/N-ethyl adjacent to an activating group) is 1. The molecule has 150 valence electrons. The fraction of sp³-hybridized carbons (Fsp3) is 0.333. The van der Waals surface area contributed by atoms with Crippen molar-refractivity contribution in [1.29, 1.82) is 0 Å². The molecule has 0 aliphatic carbocycles. The number of aliphatic hydroxyl groups is 1. The van der Waals surface area contributed by atoms with E-state index in [2.05, 4.69) is 10.6 Å². The molecule has 0 aliphatic rings. The number of aryl methyl sites for hydroxylation is 1. The third-order valence-electron chi connectivity index (χ3n) is 4.40. The third-order valence-corrected chi connectivity index (χ3v) is 4.40. The average Bonchev–Trinajstić information content (AvgIpc) is 2.67. The van der Waals surface area contributed by atoms with Crippen molar-refractivity contribution >= 4 is 17.6 Å². The van der Waals surface area contributed by atoms with Crippen molar-refractivity contribution in [3.05, 3.63) is 59.2 Å². The highest BCUT2D eigenvalue weighted by atomic mass is 16.3. The summed E-state index contributed by atoms with van der Waals surface area (Å²) in [5, 5.41) is 25.5. The molecule has 1 atom stereocenters. The summed E-state index contributed by atoms with van der Waals surface area (Å²) in [6, 6.07) is 11.1. The van der Waals surface area contributed by atoms with E-state index in [-0.39, 0.29) is 24.2 Å². The van der Waals surface area contributed by atoms with Gasteiger partial charge in [-0.3, -0.25) is 4.79 Å². The summed E-state index contributed by atoms with van der Waals surface area (Å²) in [5.41, 5.74) is 2.36.